The Morgan fingerprint density at radius 2 is 1.61 bits per heavy atom. The van der Waals surface area contributed by atoms with Crippen molar-refractivity contribution in [3.05, 3.63) is 29.8 Å². The summed E-state index contributed by atoms with van der Waals surface area (Å²) in [5.41, 5.74) is -0.170. The van der Waals surface area contributed by atoms with Crippen molar-refractivity contribution < 1.29 is 18.0 Å². The van der Waals surface area contributed by atoms with E-state index in [1.165, 1.54) is 24.3 Å². The number of hydrogen-bond donors (Lipinski definition) is 2. The number of benzene rings is 1. The van der Waals surface area contributed by atoms with Crippen LogP contribution < -0.4 is 10.0 Å². The van der Waals surface area contributed by atoms with Crippen molar-refractivity contribution in [1.29, 1.82) is 0 Å². The van der Waals surface area contributed by atoms with Gasteiger partial charge in [0.15, 0.2) is 0 Å². The van der Waals surface area contributed by atoms with E-state index < -0.39 is 15.6 Å². The molecule has 0 radical (unpaired) electrons. The predicted octanol–water partition coefficient (Wildman–Crippen LogP) is 2.14. The minimum Gasteiger partial charge on any atom is -0.349 e. The number of carbonyl (C=O) groups is 2. The molecule has 1 aromatic carbocycles. The van der Waals surface area contributed by atoms with Crippen molar-refractivity contribution in [2.75, 3.05) is 13.1 Å². The van der Waals surface area contributed by atoms with Gasteiger partial charge in [-0.05, 0) is 57.9 Å². The van der Waals surface area contributed by atoms with Crippen LogP contribution in [-0.4, -0.2) is 49.8 Å². The highest BCUT2D eigenvalue weighted by Gasteiger charge is 2.26. The van der Waals surface area contributed by atoms with E-state index in [9.17, 15) is 18.0 Å². The highest BCUT2D eigenvalue weighted by atomic mass is 32.2. The summed E-state index contributed by atoms with van der Waals surface area (Å²) >= 11 is 0. The fourth-order valence-electron chi connectivity index (χ4n) is 3.13. The molecule has 0 bridgehead atoms. The first-order chi connectivity index (χ1) is 12.9. The Kier molecular flexibility index (Phi) is 6.88. The van der Waals surface area contributed by atoms with Crippen LogP contribution in [0.1, 0.15) is 57.8 Å². The van der Waals surface area contributed by atoms with E-state index in [2.05, 4.69) is 10.0 Å². The zero-order chi connectivity index (χ0) is 21.1. The lowest BCUT2D eigenvalue weighted by Gasteiger charge is -2.33. The molecule has 0 unspecified atom stereocenters. The zero-order valence-electron chi connectivity index (χ0n) is 17.3. The van der Waals surface area contributed by atoms with Gasteiger partial charge in [-0.3, -0.25) is 9.59 Å². The van der Waals surface area contributed by atoms with Gasteiger partial charge in [-0.2, -0.15) is 0 Å². The molecule has 1 aliphatic rings. The molecular formula is C20H31N3O4S. The summed E-state index contributed by atoms with van der Waals surface area (Å²) in [7, 11) is -3.63. The van der Waals surface area contributed by atoms with Gasteiger partial charge >= 0.3 is 0 Å². The number of rotatable bonds is 5. The third-order valence-corrected chi connectivity index (χ3v) is 6.28. The van der Waals surface area contributed by atoms with Gasteiger partial charge in [0, 0.05) is 36.2 Å². The lowest BCUT2D eigenvalue weighted by molar-refractivity contribution is -0.135. The number of carbonyl (C=O) groups excluding carboxylic acids is 2. The van der Waals surface area contributed by atoms with Crippen LogP contribution >= 0.6 is 0 Å². The summed E-state index contributed by atoms with van der Waals surface area (Å²) in [6, 6.07) is 5.92. The molecule has 0 atom stereocenters. The molecule has 7 nitrogen and oxygen atoms in total. The van der Waals surface area contributed by atoms with Gasteiger partial charge < -0.3 is 10.2 Å². The van der Waals surface area contributed by atoms with Crippen LogP contribution in [0.5, 0.6) is 0 Å². The number of nitrogens with zero attached hydrogens (tertiary/aromatic N) is 1. The quantitative estimate of drug-likeness (QED) is 0.779. The maximum absolute atomic E-state index is 12.5. The maximum atomic E-state index is 12.5. The average Bonchev–Trinajstić information content (AvgIpc) is 2.59. The maximum Gasteiger partial charge on any atom is 0.251 e. The van der Waals surface area contributed by atoms with Crippen molar-refractivity contribution in [3.63, 3.8) is 0 Å². The second kappa shape index (κ2) is 8.61. The Labute approximate surface area is 167 Å². The third-order valence-electron chi connectivity index (χ3n) is 4.50. The Hall–Kier alpha value is -1.93. The van der Waals surface area contributed by atoms with Crippen molar-refractivity contribution in [1.82, 2.24) is 14.9 Å². The summed E-state index contributed by atoms with van der Waals surface area (Å²) in [4.78, 5) is 26.5. The Morgan fingerprint density at radius 3 is 2.07 bits per heavy atom. The van der Waals surface area contributed by atoms with E-state index in [-0.39, 0.29) is 28.7 Å². The second-order valence-electron chi connectivity index (χ2n) is 8.61. The molecule has 1 aliphatic heterocycles. The Bertz CT molecular complexity index is 803. The summed E-state index contributed by atoms with van der Waals surface area (Å²) in [6.45, 7) is 10.4. The fraction of sp³-hybridized carbons (Fsp3) is 0.600. The molecule has 2 N–H and O–H groups in total. The lowest BCUT2D eigenvalue weighted by Crippen LogP contribution is -2.47. The molecular weight excluding hydrogens is 378 g/mol. The molecule has 1 aromatic rings. The highest BCUT2D eigenvalue weighted by Crippen LogP contribution is 2.16. The van der Waals surface area contributed by atoms with Gasteiger partial charge in [-0.1, -0.05) is 13.8 Å². The molecule has 28 heavy (non-hydrogen) atoms. The van der Waals surface area contributed by atoms with Crippen LogP contribution in [0, 0.1) is 5.92 Å². The summed E-state index contributed by atoms with van der Waals surface area (Å²) in [6.07, 6.45) is 1.43. The van der Waals surface area contributed by atoms with Crippen LogP contribution in [0.25, 0.3) is 0 Å². The first kappa shape index (κ1) is 22.4. The van der Waals surface area contributed by atoms with Crippen LogP contribution in [0.3, 0.4) is 0 Å². The molecule has 0 saturated carbocycles. The predicted molar refractivity (Wildman–Crippen MR) is 108 cm³/mol. The van der Waals surface area contributed by atoms with E-state index in [0.717, 1.165) is 0 Å². The van der Waals surface area contributed by atoms with E-state index in [0.29, 0.717) is 31.5 Å². The van der Waals surface area contributed by atoms with Gasteiger partial charge in [0.25, 0.3) is 5.91 Å². The molecule has 0 aliphatic carbocycles. The van der Waals surface area contributed by atoms with Crippen LogP contribution in [0.2, 0.25) is 0 Å². The normalized spacial score (nSPS) is 16.3. The number of sulfonamides is 1. The average molecular weight is 410 g/mol. The number of piperidine rings is 1. The second-order valence-corrected chi connectivity index (χ2v) is 10.3. The minimum atomic E-state index is -3.63. The zero-order valence-corrected chi connectivity index (χ0v) is 18.1. The smallest absolute Gasteiger partial charge is 0.251 e. The fourth-order valence-corrected chi connectivity index (χ4v) is 4.54. The Morgan fingerprint density at radius 1 is 1.07 bits per heavy atom. The molecule has 156 valence electrons. The molecule has 0 aromatic heterocycles. The summed E-state index contributed by atoms with van der Waals surface area (Å²) in [5, 5.41) is 2.98. The van der Waals surface area contributed by atoms with Crippen LogP contribution in [0.15, 0.2) is 29.2 Å². The van der Waals surface area contributed by atoms with Gasteiger partial charge in [-0.15, -0.1) is 0 Å². The van der Waals surface area contributed by atoms with Crippen LogP contribution in [0.4, 0.5) is 0 Å². The van der Waals surface area contributed by atoms with Crippen molar-refractivity contribution >= 4 is 21.8 Å². The molecule has 0 spiro atoms. The lowest BCUT2D eigenvalue weighted by atomic mass is 10.0. The SMILES string of the molecule is CC(C)C(=O)N1CCC(NC(=O)c2ccc(S(=O)(=O)NC(C)(C)C)cc2)CC1. The first-order valence-corrected chi connectivity index (χ1v) is 11.1. The standard InChI is InChI=1S/C20H31N3O4S/c1-14(2)19(25)23-12-10-16(11-13-23)21-18(24)15-6-8-17(9-7-15)28(26,27)22-20(3,4)5/h6-9,14,16,22H,10-13H2,1-5H3,(H,21,24). The van der Waals surface area contributed by atoms with Gasteiger partial charge in [0.05, 0.1) is 4.90 Å². The van der Waals surface area contributed by atoms with Crippen molar-refractivity contribution in [3.8, 4) is 0 Å². The van der Waals surface area contributed by atoms with Crippen molar-refractivity contribution in [2.45, 2.75) is 63.9 Å². The number of likely N-dealkylation sites (tertiary alicyclic amines) is 1. The highest BCUT2D eigenvalue weighted by molar-refractivity contribution is 7.89. The minimum absolute atomic E-state index is 0.00896. The van der Waals surface area contributed by atoms with E-state index >= 15 is 0 Å². The van der Waals surface area contributed by atoms with Crippen LogP contribution in [-0.2, 0) is 14.8 Å². The summed E-state index contributed by atoms with van der Waals surface area (Å²) in [5.74, 6) is -0.111. The van der Waals surface area contributed by atoms with E-state index in [1.54, 1.807) is 20.8 Å². The number of hydrogen-bond acceptors (Lipinski definition) is 4. The van der Waals surface area contributed by atoms with Crippen molar-refractivity contribution in [2.24, 2.45) is 5.92 Å². The summed E-state index contributed by atoms with van der Waals surface area (Å²) < 4.78 is 27.3. The molecule has 2 amide bonds. The van der Waals surface area contributed by atoms with E-state index in [4.69, 9.17) is 0 Å². The molecule has 2 rings (SSSR count). The molecule has 8 heteroatoms. The van der Waals surface area contributed by atoms with Gasteiger partial charge in [-0.25, -0.2) is 13.1 Å². The van der Waals surface area contributed by atoms with E-state index in [1.807, 2.05) is 18.7 Å². The third kappa shape index (κ3) is 6.04. The number of nitrogens with one attached hydrogen (secondary N) is 2. The molecule has 1 fully saturated rings. The Balaban J connectivity index is 1.95. The van der Waals surface area contributed by atoms with Gasteiger partial charge in [0.2, 0.25) is 15.9 Å². The van der Waals surface area contributed by atoms with Gasteiger partial charge in [0.1, 0.15) is 0 Å². The monoisotopic (exact) mass is 409 g/mol. The first-order valence-electron chi connectivity index (χ1n) is 9.63. The number of amides is 2. The topological polar surface area (TPSA) is 95.6 Å². The largest absolute Gasteiger partial charge is 0.349 e. The molecule has 1 saturated heterocycles. The molecule has 1 heterocycles.